The lowest BCUT2D eigenvalue weighted by atomic mass is 10.0. The largest absolute Gasteiger partial charge is 0.481 e. The molecule has 0 aromatic heterocycles. The summed E-state index contributed by atoms with van der Waals surface area (Å²) in [6, 6.07) is -17.0. The SMILES string of the molecule is C[C@H](N)C(=O)NCC(=O)N[C@@H](CCCCN)C(=O)N[C@@H](CCCCN)C(=O)N[C@@H](CC(=O)O)C(=O)N[C@@H](CC(=O)O)C(=O)N[C@@H](CC(=O)O)C(=O)N[C@@H](CC(=O)O)C(=O)N1CCC[C@@H]1C(=O)N1CCC[C@H]1C(=O)N[C@@H](CCC(=O)O)C(=O)O. The van der Waals surface area contributed by atoms with Crippen molar-refractivity contribution >= 4 is 94.9 Å². The second-order valence-corrected chi connectivity index (χ2v) is 19.6. The number of nitrogens with zero attached hydrogens (tertiary/aromatic N) is 2. The Bertz CT molecular complexity index is 2410. The highest BCUT2D eigenvalue weighted by molar-refractivity contribution is 6.01. The normalized spacial score (nSPS) is 17.5. The molecule has 2 rings (SSSR count). The standard InChI is InChI=1S/C48H75N13O22/c1-23(51)39(73)52-22-33(62)53-24(8-2-4-14-49)40(74)54-25(9-3-5-15-50)41(75)56-27(18-35(65)66)42(76)57-28(19-36(67)68)43(77)58-29(20-37(69)70)44(78)59-30(21-38(71)72)46(80)61-17-7-11-32(61)47(81)60-16-6-10-31(60)45(79)55-26(48(82)83)12-13-34(63)64/h23-32H,2-22,49-51H2,1H3,(H,52,73)(H,53,62)(H,54,74)(H,55,79)(H,56,75)(H,57,76)(H,58,77)(H,59,78)(H,63,64)(H,65,66)(H,67,68)(H,69,70)(H,71,72)(H,82,83)/t23-,24-,25-,26-,27-,28-,29-,30-,31-,32+/m0/s1. The zero-order valence-corrected chi connectivity index (χ0v) is 45.5. The molecule has 464 valence electrons. The average Bonchev–Trinajstić information content (AvgIpc) is 4.36. The molecule has 83 heavy (non-hydrogen) atoms. The number of carboxylic acids is 6. The fourth-order valence-corrected chi connectivity index (χ4v) is 8.76. The fourth-order valence-electron chi connectivity index (χ4n) is 8.76. The molecule has 0 radical (unpaired) electrons. The van der Waals surface area contributed by atoms with E-state index in [-0.39, 0.29) is 71.1 Å². The molecule has 35 heteroatoms. The summed E-state index contributed by atoms with van der Waals surface area (Å²) >= 11 is 0. The van der Waals surface area contributed by atoms with Crippen LogP contribution in [0.5, 0.6) is 0 Å². The Labute approximate surface area is 473 Å². The number of likely N-dealkylation sites (tertiary alicyclic amines) is 2. The summed E-state index contributed by atoms with van der Waals surface area (Å²) in [6.45, 7) is 0.836. The van der Waals surface area contributed by atoms with E-state index in [1.807, 2.05) is 16.0 Å². The summed E-state index contributed by atoms with van der Waals surface area (Å²) in [4.78, 5) is 208. The van der Waals surface area contributed by atoms with Gasteiger partial charge in [-0.1, -0.05) is 0 Å². The van der Waals surface area contributed by atoms with E-state index in [1.54, 1.807) is 0 Å². The maximum Gasteiger partial charge on any atom is 0.326 e. The molecule has 0 saturated carbocycles. The van der Waals surface area contributed by atoms with E-state index >= 15 is 0 Å². The first kappa shape index (κ1) is 70.5. The van der Waals surface area contributed by atoms with Crippen LogP contribution in [0, 0.1) is 0 Å². The Hall–Kier alpha value is -8.60. The Morgan fingerprint density at radius 3 is 1.28 bits per heavy atom. The second-order valence-electron chi connectivity index (χ2n) is 19.6. The zero-order chi connectivity index (χ0) is 62.7. The molecular formula is C48H75N13O22. The van der Waals surface area contributed by atoms with Gasteiger partial charge in [-0.05, 0) is 90.6 Å². The summed E-state index contributed by atoms with van der Waals surface area (Å²) in [5, 5.41) is 75.0. The molecule has 0 spiro atoms. The molecule has 0 unspecified atom stereocenters. The van der Waals surface area contributed by atoms with Gasteiger partial charge in [0, 0.05) is 19.5 Å². The van der Waals surface area contributed by atoms with Crippen molar-refractivity contribution in [3.05, 3.63) is 0 Å². The van der Waals surface area contributed by atoms with Gasteiger partial charge in [0.15, 0.2) is 0 Å². The van der Waals surface area contributed by atoms with Gasteiger partial charge in [0.1, 0.15) is 54.4 Å². The van der Waals surface area contributed by atoms with Crippen LogP contribution in [0.15, 0.2) is 0 Å². The van der Waals surface area contributed by atoms with Gasteiger partial charge in [0.2, 0.25) is 59.1 Å². The van der Waals surface area contributed by atoms with Gasteiger partial charge in [-0.3, -0.25) is 71.9 Å². The smallest absolute Gasteiger partial charge is 0.326 e. The monoisotopic (exact) mass is 1190 g/mol. The van der Waals surface area contributed by atoms with Crippen LogP contribution in [0.2, 0.25) is 0 Å². The number of aliphatic carboxylic acids is 6. The van der Waals surface area contributed by atoms with Gasteiger partial charge in [-0.15, -0.1) is 0 Å². The van der Waals surface area contributed by atoms with Crippen molar-refractivity contribution in [2.75, 3.05) is 32.7 Å². The zero-order valence-electron chi connectivity index (χ0n) is 45.5. The van der Waals surface area contributed by atoms with Crippen molar-refractivity contribution in [2.24, 2.45) is 17.2 Å². The predicted octanol–water partition coefficient (Wildman–Crippen LogP) is -7.07. The lowest BCUT2D eigenvalue weighted by molar-refractivity contribution is -0.150. The molecule has 2 fully saturated rings. The third kappa shape index (κ3) is 24.6. The van der Waals surface area contributed by atoms with Crippen molar-refractivity contribution in [1.82, 2.24) is 52.3 Å². The van der Waals surface area contributed by atoms with E-state index in [1.165, 1.54) is 6.92 Å². The predicted molar refractivity (Wildman–Crippen MR) is 279 cm³/mol. The second kappa shape index (κ2) is 35.3. The first-order valence-electron chi connectivity index (χ1n) is 26.5. The lowest BCUT2D eigenvalue weighted by Crippen LogP contribution is -2.61. The van der Waals surface area contributed by atoms with Crippen molar-refractivity contribution in [2.45, 2.75) is 170 Å². The number of nitrogens with two attached hydrogens (primary N) is 3. The first-order chi connectivity index (χ1) is 39.0. The number of unbranched alkanes of at least 4 members (excludes halogenated alkanes) is 2. The van der Waals surface area contributed by atoms with Crippen LogP contribution in [0.25, 0.3) is 0 Å². The molecule has 2 saturated heterocycles. The minimum absolute atomic E-state index is 0.0201. The van der Waals surface area contributed by atoms with E-state index in [0.717, 1.165) is 9.80 Å². The van der Waals surface area contributed by atoms with Gasteiger partial charge < -0.3 is 100 Å². The molecule has 35 nitrogen and oxygen atoms in total. The van der Waals surface area contributed by atoms with Crippen LogP contribution in [0.1, 0.15) is 110 Å². The highest BCUT2D eigenvalue weighted by Crippen LogP contribution is 2.26. The Morgan fingerprint density at radius 1 is 0.458 bits per heavy atom. The first-order valence-corrected chi connectivity index (χ1v) is 26.5. The molecule has 10 amide bonds. The maximum absolute atomic E-state index is 14.1. The Morgan fingerprint density at radius 2 is 0.855 bits per heavy atom. The number of carbonyl (C=O) groups excluding carboxylic acids is 10. The van der Waals surface area contributed by atoms with Crippen LogP contribution >= 0.6 is 0 Å². The molecule has 2 heterocycles. The van der Waals surface area contributed by atoms with E-state index in [4.69, 9.17) is 22.3 Å². The molecule has 0 aromatic rings. The number of rotatable bonds is 38. The van der Waals surface area contributed by atoms with E-state index in [0.29, 0.717) is 19.3 Å². The molecule has 2 aliphatic heterocycles. The van der Waals surface area contributed by atoms with Gasteiger partial charge in [-0.2, -0.15) is 0 Å². The molecular weight excluding hydrogens is 1110 g/mol. The quantitative estimate of drug-likeness (QED) is 0.0255. The number of carboxylic acid groups (broad SMARTS) is 6. The van der Waals surface area contributed by atoms with E-state index in [2.05, 4.69) is 26.6 Å². The van der Waals surface area contributed by atoms with Crippen LogP contribution < -0.4 is 59.7 Å². The number of hydrogen-bond acceptors (Lipinski definition) is 19. The molecule has 0 aliphatic carbocycles. The number of amides is 10. The summed E-state index contributed by atoms with van der Waals surface area (Å²) in [5.41, 5.74) is 16.7. The molecule has 2 aliphatic rings. The van der Waals surface area contributed by atoms with Gasteiger partial charge in [0.25, 0.3) is 0 Å². The van der Waals surface area contributed by atoms with Gasteiger partial charge in [-0.25, -0.2) is 4.79 Å². The molecule has 10 atom stereocenters. The summed E-state index contributed by atoms with van der Waals surface area (Å²) in [5.74, 6) is -21.2. The number of nitrogens with one attached hydrogen (secondary N) is 8. The van der Waals surface area contributed by atoms with Gasteiger partial charge in [0.05, 0.1) is 38.3 Å². The molecule has 0 bridgehead atoms. The maximum atomic E-state index is 14.1. The van der Waals surface area contributed by atoms with Crippen LogP contribution in [-0.4, -0.2) is 228 Å². The summed E-state index contributed by atoms with van der Waals surface area (Å²) < 4.78 is 0. The summed E-state index contributed by atoms with van der Waals surface area (Å²) in [7, 11) is 0. The third-order valence-electron chi connectivity index (χ3n) is 13.0. The van der Waals surface area contributed by atoms with E-state index < -0.39 is 200 Å². The number of hydrogen-bond donors (Lipinski definition) is 17. The Balaban J connectivity index is 2.39. The van der Waals surface area contributed by atoms with Crippen LogP contribution in [-0.2, 0) is 76.7 Å². The van der Waals surface area contributed by atoms with Crippen LogP contribution in [0.3, 0.4) is 0 Å². The van der Waals surface area contributed by atoms with Crippen molar-refractivity contribution in [1.29, 1.82) is 0 Å². The average molecular weight is 1190 g/mol. The minimum atomic E-state index is -2.29. The molecule has 0 aromatic carbocycles. The third-order valence-corrected chi connectivity index (χ3v) is 13.0. The fraction of sp³-hybridized carbons (Fsp3) is 0.667. The topological polar surface area (TPSA) is 575 Å². The van der Waals surface area contributed by atoms with Gasteiger partial charge >= 0.3 is 35.8 Å². The molecule has 20 N–H and O–H groups in total. The summed E-state index contributed by atoms with van der Waals surface area (Å²) in [6.07, 6.45) is -4.92. The Kier molecular flexibility index (Phi) is 30.0. The van der Waals surface area contributed by atoms with Crippen LogP contribution in [0.4, 0.5) is 0 Å². The van der Waals surface area contributed by atoms with Crippen molar-refractivity contribution in [3.8, 4) is 0 Å². The highest BCUT2D eigenvalue weighted by Gasteiger charge is 2.45. The minimum Gasteiger partial charge on any atom is -0.481 e. The number of carbonyl (C=O) groups is 16. The highest BCUT2D eigenvalue weighted by atomic mass is 16.4. The van der Waals surface area contributed by atoms with Crippen molar-refractivity contribution < 1.29 is 107 Å². The van der Waals surface area contributed by atoms with Crippen molar-refractivity contribution in [3.63, 3.8) is 0 Å². The van der Waals surface area contributed by atoms with E-state index in [9.17, 15) is 102 Å². The lowest BCUT2D eigenvalue weighted by Gasteiger charge is -2.33.